The molecule has 6 N–H and O–H groups in total. The number of nitrogens with two attached hydrogens (primary N) is 2. The fraction of sp³-hybridized carbons (Fsp3) is 0.250. The highest BCUT2D eigenvalue weighted by Crippen LogP contribution is 2.08. The lowest BCUT2D eigenvalue weighted by molar-refractivity contribution is 0.381. The zero-order valence-electron chi connectivity index (χ0n) is 6.75. The summed E-state index contributed by atoms with van der Waals surface area (Å²) in [4.78, 5) is 0. The van der Waals surface area contributed by atoms with Crippen LogP contribution in [-0.4, -0.2) is 27.3 Å². The highest BCUT2D eigenvalue weighted by atomic mass is 32.3. The zero-order valence-corrected chi connectivity index (χ0v) is 7.56. The Hall–Kier alpha value is -1.32. The van der Waals surface area contributed by atoms with Gasteiger partial charge in [0.25, 0.3) is 0 Å². The van der Waals surface area contributed by atoms with Crippen molar-refractivity contribution in [2.24, 2.45) is 7.05 Å². The van der Waals surface area contributed by atoms with E-state index in [1.165, 1.54) is 10.9 Å². The van der Waals surface area contributed by atoms with E-state index in [-0.39, 0.29) is 0 Å². The molecule has 0 saturated heterocycles. The van der Waals surface area contributed by atoms with E-state index in [4.69, 9.17) is 29.0 Å². The highest BCUT2D eigenvalue weighted by Gasteiger charge is 1.95. The van der Waals surface area contributed by atoms with Crippen molar-refractivity contribution in [3.8, 4) is 0 Å². The van der Waals surface area contributed by atoms with Crippen LogP contribution in [0.3, 0.4) is 0 Å². The van der Waals surface area contributed by atoms with Crippen molar-refractivity contribution >= 4 is 21.9 Å². The summed E-state index contributed by atoms with van der Waals surface area (Å²) in [5, 5.41) is 3.78. The molecule has 0 unspecified atom stereocenters. The van der Waals surface area contributed by atoms with E-state index in [0.29, 0.717) is 11.5 Å². The number of rotatable bonds is 0. The second-order valence-corrected chi connectivity index (χ2v) is 2.95. The van der Waals surface area contributed by atoms with Gasteiger partial charge in [0.15, 0.2) is 0 Å². The molecule has 0 amide bonds. The monoisotopic (exact) mass is 210 g/mol. The molecule has 0 bridgehead atoms. The first kappa shape index (κ1) is 11.7. The van der Waals surface area contributed by atoms with Crippen molar-refractivity contribution in [1.82, 2.24) is 9.78 Å². The molecule has 0 aromatic carbocycles. The molecule has 0 radical (unpaired) electrons. The van der Waals surface area contributed by atoms with Crippen molar-refractivity contribution in [2.45, 2.75) is 0 Å². The molecule has 0 atom stereocenters. The van der Waals surface area contributed by atoms with Crippen molar-refractivity contribution in [2.75, 3.05) is 11.5 Å². The number of nitrogens with zero attached hydrogens (tertiary/aromatic N) is 2. The maximum atomic E-state index is 8.74. The van der Waals surface area contributed by atoms with Crippen LogP contribution in [0.5, 0.6) is 0 Å². The van der Waals surface area contributed by atoms with E-state index >= 15 is 0 Å². The van der Waals surface area contributed by atoms with Crippen LogP contribution in [0.15, 0.2) is 6.20 Å². The SMILES string of the molecule is Cn1ncc(N)c1N.O=S(=O)(O)O. The predicted octanol–water partition coefficient (Wildman–Crippen LogP) is -1.07. The van der Waals surface area contributed by atoms with Gasteiger partial charge in [0, 0.05) is 7.05 Å². The molecule has 0 aliphatic rings. The van der Waals surface area contributed by atoms with Crippen LogP contribution in [0.4, 0.5) is 11.5 Å². The average Bonchev–Trinajstić information content (AvgIpc) is 2.16. The van der Waals surface area contributed by atoms with Crippen LogP contribution in [-0.2, 0) is 17.4 Å². The second kappa shape index (κ2) is 4.07. The molecule has 8 nitrogen and oxygen atoms in total. The Morgan fingerprint density at radius 2 is 1.85 bits per heavy atom. The molecule has 1 aromatic heterocycles. The van der Waals surface area contributed by atoms with Gasteiger partial charge >= 0.3 is 10.4 Å². The summed E-state index contributed by atoms with van der Waals surface area (Å²) in [5.41, 5.74) is 11.2. The Labute approximate surface area is 74.7 Å². The molecule has 9 heteroatoms. The highest BCUT2D eigenvalue weighted by molar-refractivity contribution is 7.79. The standard InChI is InChI=1S/C4H8N4.H2O4S/c1-8-4(6)3(5)2-7-8;1-5(2,3)4/h2H,5-6H2,1H3;(H2,1,2,3,4). The molecule has 0 spiro atoms. The van der Waals surface area contributed by atoms with Gasteiger partial charge in [0.1, 0.15) is 5.82 Å². The summed E-state index contributed by atoms with van der Waals surface area (Å²) in [6, 6.07) is 0. The van der Waals surface area contributed by atoms with Crippen LogP contribution in [0.25, 0.3) is 0 Å². The molecule has 0 saturated carbocycles. The molecule has 76 valence electrons. The summed E-state index contributed by atoms with van der Waals surface area (Å²) in [6.07, 6.45) is 1.52. The number of nitrogen functional groups attached to an aromatic ring is 2. The Kier molecular flexibility index (Phi) is 3.66. The maximum Gasteiger partial charge on any atom is 0.394 e. The van der Waals surface area contributed by atoms with E-state index in [9.17, 15) is 0 Å². The van der Waals surface area contributed by atoms with E-state index < -0.39 is 10.4 Å². The van der Waals surface area contributed by atoms with Gasteiger partial charge in [-0.05, 0) is 0 Å². The minimum absolute atomic E-state index is 0.519. The van der Waals surface area contributed by atoms with Crippen LogP contribution < -0.4 is 11.5 Å². The van der Waals surface area contributed by atoms with Crippen molar-refractivity contribution in [3.05, 3.63) is 6.20 Å². The number of aromatic nitrogens is 2. The molecular formula is C4H10N4O4S. The van der Waals surface area contributed by atoms with E-state index in [1.54, 1.807) is 7.05 Å². The Bertz CT molecular complexity index is 342. The molecule has 0 aliphatic carbocycles. The summed E-state index contributed by atoms with van der Waals surface area (Å²) < 4.78 is 33.1. The lowest BCUT2D eigenvalue weighted by Gasteiger charge is -1.90. The van der Waals surface area contributed by atoms with Gasteiger partial charge in [-0.3, -0.25) is 13.8 Å². The van der Waals surface area contributed by atoms with E-state index in [0.717, 1.165) is 0 Å². The van der Waals surface area contributed by atoms with Gasteiger partial charge in [-0.2, -0.15) is 13.5 Å². The smallest absolute Gasteiger partial charge is 0.394 e. The van der Waals surface area contributed by atoms with E-state index in [1.807, 2.05) is 0 Å². The van der Waals surface area contributed by atoms with Gasteiger partial charge in [-0.15, -0.1) is 0 Å². The van der Waals surface area contributed by atoms with Gasteiger partial charge in [0.2, 0.25) is 0 Å². The quantitative estimate of drug-likeness (QED) is 0.399. The third kappa shape index (κ3) is 5.90. The first-order chi connectivity index (χ1) is 5.72. The number of anilines is 2. The lowest BCUT2D eigenvalue weighted by atomic mass is 10.5. The van der Waals surface area contributed by atoms with Crippen LogP contribution >= 0.6 is 0 Å². The van der Waals surface area contributed by atoms with Gasteiger partial charge in [-0.25, -0.2) is 0 Å². The average molecular weight is 210 g/mol. The molecule has 0 fully saturated rings. The summed E-state index contributed by atoms with van der Waals surface area (Å²) >= 11 is 0. The second-order valence-electron chi connectivity index (χ2n) is 2.06. The van der Waals surface area contributed by atoms with Crippen LogP contribution in [0.2, 0.25) is 0 Å². The molecule has 1 heterocycles. The summed E-state index contributed by atoms with van der Waals surface area (Å²) in [7, 11) is -2.92. The normalized spacial score (nSPS) is 10.4. The van der Waals surface area contributed by atoms with Gasteiger partial charge in [-0.1, -0.05) is 0 Å². The van der Waals surface area contributed by atoms with Crippen LogP contribution in [0, 0.1) is 0 Å². The summed E-state index contributed by atoms with van der Waals surface area (Å²) in [6.45, 7) is 0. The Balaban J connectivity index is 0.000000252. The van der Waals surface area contributed by atoms with Crippen molar-refractivity contribution < 1.29 is 17.5 Å². The zero-order chi connectivity index (χ0) is 10.6. The lowest BCUT2D eigenvalue weighted by Crippen LogP contribution is -1.98. The predicted molar refractivity (Wildman–Crippen MR) is 46.2 cm³/mol. The third-order valence-electron chi connectivity index (χ3n) is 1.01. The minimum Gasteiger partial charge on any atom is -0.394 e. The van der Waals surface area contributed by atoms with Gasteiger partial charge in [0.05, 0.1) is 11.9 Å². The molecule has 1 rings (SSSR count). The number of hydrogen-bond acceptors (Lipinski definition) is 5. The molecule has 13 heavy (non-hydrogen) atoms. The molecule has 1 aromatic rings. The minimum atomic E-state index is -4.67. The number of hydrogen-bond donors (Lipinski definition) is 4. The van der Waals surface area contributed by atoms with Gasteiger partial charge < -0.3 is 11.5 Å². The fourth-order valence-corrected chi connectivity index (χ4v) is 0.464. The topological polar surface area (TPSA) is 144 Å². The molecule has 0 aliphatic heterocycles. The summed E-state index contributed by atoms with van der Waals surface area (Å²) in [5.74, 6) is 0.519. The van der Waals surface area contributed by atoms with Crippen LogP contribution in [0.1, 0.15) is 0 Å². The largest absolute Gasteiger partial charge is 0.394 e. The van der Waals surface area contributed by atoms with Crippen molar-refractivity contribution in [1.29, 1.82) is 0 Å². The Morgan fingerprint density at radius 3 is 1.92 bits per heavy atom. The van der Waals surface area contributed by atoms with Crippen molar-refractivity contribution in [3.63, 3.8) is 0 Å². The Morgan fingerprint density at radius 1 is 1.46 bits per heavy atom. The molecular weight excluding hydrogens is 200 g/mol. The maximum absolute atomic E-state index is 8.74. The third-order valence-corrected chi connectivity index (χ3v) is 1.01. The first-order valence-electron chi connectivity index (χ1n) is 2.94. The van der Waals surface area contributed by atoms with E-state index in [2.05, 4.69) is 5.10 Å². The first-order valence-corrected chi connectivity index (χ1v) is 4.34. The fourth-order valence-electron chi connectivity index (χ4n) is 0.464. The number of aryl methyl sites for hydroxylation is 1.